The number of hydrogen-bond acceptors (Lipinski definition) is 5. The van der Waals surface area contributed by atoms with E-state index in [-0.39, 0.29) is 0 Å². The summed E-state index contributed by atoms with van der Waals surface area (Å²) in [5, 5.41) is 3.26. The molecule has 16 heavy (non-hydrogen) atoms. The van der Waals surface area contributed by atoms with Gasteiger partial charge in [-0.2, -0.15) is 4.98 Å². The first kappa shape index (κ1) is 11.1. The Bertz CT molecular complexity index is 376. The first-order valence-corrected chi connectivity index (χ1v) is 5.69. The fourth-order valence-corrected chi connectivity index (χ4v) is 1.94. The van der Waals surface area contributed by atoms with E-state index in [1.165, 1.54) is 0 Å². The minimum absolute atomic E-state index is 0.705. The van der Waals surface area contributed by atoms with Gasteiger partial charge in [-0.3, -0.25) is 0 Å². The minimum Gasteiger partial charge on any atom is -0.481 e. The highest BCUT2D eigenvalue weighted by molar-refractivity contribution is 5.41. The summed E-state index contributed by atoms with van der Waals surface area (Å²) in [7, 11) is 1.66. The molecule has 0 saturated carbocycles. The van der Waals surface area contributed by atoms with E-state index < -0.39 is 0 Å². The van der Waals surface area contributed by atoms with Crippen LogP contribution in [0.25, 0.3) is 0 Å². The Labute approximate surface area is 95.8 Å². The van der Waals surface area contributed by atoms with Gasteiger partial charge in [0.15, 0.2) is 0 Å². The first-order valence-electron chi connectivity index (χ1n) is 5.69. The van der Waals surface area contributed by atoms with Crippen LogP contribution >= 0.6 is 0 Å². The van der Waals surface area contributed by atoms with Crippen LogP contribution in [0.15, 0.2) is 0 Å². The molecule has 0 amide bonds. The molecule has 5 nitrogen and oxygen atoms in total. The zero-order valence-electron chi connectivity index (χ0n) is 10.1. The number of hydrogen-bond donors (Lipinski definition) is 1. The quantitative estimate of drug-likeness (QED) is 0.821. The van der Waals surface area contributed by atoms with Crippen molar-refractivity contribution < 1.29 is 4.74 Å². The lowest BCUT2D eigenvalue weighted by Gasteiger charge is -2.19. The molecule has 5 heteroatoms. The van der Waals surface area contributed by atoms with Gasteiger partial charge in [-0.1, -0.05) is 0 Å². The van der Waals surface area contributed by atoms with Gasteiger partial charge in [0, 0.05) is 26.2 Å². The number of nitrogens with zero attached hydrogens (tertiary/aromatic N) is 3. The fraction of sp³-hybridized carbons (Fsp3) is 0.636. The normalized spacial score (nSPS) is 13.7. The van der Waals surface area contributed by atoms with Crippen molar-refractivity contribution in [2.75, 3.05) is 25.1 Å². The van der Waals surface area contributed by atoms with E-state index in [1.807, 2.05) is 0 Å². The van der Waals surface area contributed by atoms with Gasteiger partial charge in [0.05, 0.1) is 18.4 Å². The molecule has 0 atom stereocenters. The lowest BCUT2D eigenvalue weighted by molar-refractivity contribution is 0.391. The van der Waals surface area contributed by atoms with Gasteiger partial charge in [-0.15, -0.1) is 0 Å². The lowest BCUT2D eigenvalue weighted by atomic mass is 10.2. The van der Waals surface area contributed by atoms with Crippen LogP contribution in [0, 0.1) is 0 Å². The average molecular weight is 222 g/mol. The highest BCUT2D eigenvalue weighted by atomic mass is 16.5. The van der Waals surface area contributed by atoms with Gasteiger partial charge in [0.1, 0.15) is 0 Å². The van der Waals surface area contributed by atoms with Crippen LogP contribution in [-0.4, -0.2) is 30.2 Å². The molecule has 0 aliphatic carbocycles. The Hall–Kier alpha value is -1.36. The van der Waals surface area contributed by atoms with Crippen molar-refractivity contribution in [2.24, 2.45) is 0 Å². The topological polar surface area (TPSA) is 50.3 Å². The van der Waals surface area contributed by atoms with Gasteiger partial charge in [-0.25, -0.2) is 4.98 Å². The van der Waals surface area contributed by atoms with Crippen LogP contribution in [-0.2, 0) is 13.1 Å². The molecule has 0 spiro atoms. The summed E-state index contributed by atoms with van der Waals surface area (Å²) in [5.74, 6) is 1.47. The molecule has 0 unspecified atom stereocenters. The zero-order valence-corrected chi connectivity index (χ0v) is 10.1. The largest absolute Gasteiger partial charge is 0.481 e. The van der Waals surface area contributed by atoms with E-state index in [2.05, 4.69) is 34.0 Å². The third-order valence-corrected chi connectivity index (χ3v) is 2.88. The highest BCUT2D eigenvalue weighted by Gasteiger charge is 2.20. The Morgan fingerprint density at radius 2 is 2.00 bits per heavy atom. The second kappa shape index (κ2) is 4.65. The van der Waals surface area contributed by atoms with E-state index in [9.17, 15) is 0 Å². The summed E-state index contributed by atoms with van der Waals surface area (Å²) in [6.07, 6.45) is 0. The third-order valence-electron chi connectivity index (χ3n) is 2.88. The monoisotopic (exact) mass is 222 g/mol. The Kier molecular flexibility index (Phi) is 3.24. The van der Waals surface area contributed by atoms with Gasteiger partial charge in [0.2, 0.25) is 11.8 Å². The molecule has 1 aromatic rings. The molecule has 1 N–H and O–H groups in total. The van der Waals surface area contributed by atoms with Gasteiger partial charge >= 0.3 is 0 Å². The summed E-state index contributed by atoms with van der Waals surface area (Å²) >= 11 is 0. The van der Waals surface area contributed by atoms with Gasteiger partial charge in [0.25, 0.3) is 0 Å². The molecule has 1 aromatic heterocycles. The molecule has 0 radical (unpaired) electrons. The van der Waals surface area contributed by atoms with E-state index in [0.29, 0.717) is 5.88 Å². The molecule has 0 fully saturated rings. The maximum atomic E-state index is 5.32. The van der Waals surface area contributed by atoms with Crippen molar-refractivity contribution in [3.63, 3.8) is 0 Å². The van der Waals surface area contributed by atoms with Crippen molar-refractivity contribution in [2.45, 2.75) is 26.9 Å². The third kappa shape index (κ3) is 1.82. The molecule has 2 heterocycles. The summed E-state index contributed by atoms with van der Waals surface area (Å²) in [4.78, 5) is 11.2. The molecule has 1 aliphatic heterocycles. The first-order chi connectivity index (χ1) is 7.80. The summed E-state index contributed by atoms with van der Waals surface area (Å²) in [5.41, 5.74) is 2.16. The second-order valence-electron chi connectivity index (χ2n) is 3.73. The molecule has 0 saturated heterocycles. The predicted molar refractivity (Wildman–Crippen MR) is 62.7 cm³/mol. The van der Waals surface area contributed by atoms with Crippen molar-refractivity contribution in [3.8, 4) is 5.88 Å². The van der Waals surface area contributed by atoms with E-state index in [0.717, 1.165) is 43.4 Å². The molecule has 0 bridgehead atoms. The summed E-state index contributed by atoms with van der Waals surface area (Å²) in [6.45, 7) is 7.63. The van der Waals surface area contributed by atoms with Crippen LogP contribution in [0.5, 0.6) is 5.88 Å². The van der Waals surface area contributed by atoms with Crippen LogP contribution in [0.3, 0.4) is 0 Å². The van der Waals surface area contributed by atoms with Crippen LogP contribution in [0.1, 0.15) is 25.1 Å². The Morgan fingerprint density at radius 1 is 1.25 bits per heavy atom. The van der Waals surface area contributed by atoms with Crippen molar-refractivity contribution in [1.29, 1.82) is 0 Å². The number of anilines is 1. The lowest BCUT2D eigenvalue weighted by Crippen LogP contribution is -2.25. The number of nitrogens with one attached hydrogen (secondary N) is 1. The molecule has 2 rings (SSSR count). The van der Waals surface area contributed by atoms with Crippen molar-refractivity contribution in [1.82, 2.24) is 15.3 Å². The van der Waals surface area contributed by atoms with E-state index in [4.69, 9.17) is 4.74 Å². The van der Waals surface area contributed by atoms with Crippen LogP contribution in [0.2, 0.25) is 0 Å². The van der Waals surface area contributed by atoms with E-state index >= 15 is 0 Å². The standard InChI is InChI=1S/C11H18N4O/c1-4-15(5-2)11-13-9-7-12-6-8(9)10(14-11)16-3/h12H,4-7H2,1-3H3. The number of ether oxygens (including phenoxy) is 1. The molecule has 1 aliphatic rings. The number of aromatic nitrogens is 2. The van der Waals surface area contributed by atoms with Gasteiger partial charge < -0.3 is 15.0 Å². The number of fused-ring (bicyclic) bond motifs is 1. The van der Waals surface area contributed by atoms with Crippen molar-refractivity contribution in [3.05, 3.63) is 11.3 Å². The minimum atomic E-state index is 0.705. The number of methoxy groups -OCH3 is 1. The zero-order chi connectivity index (χ0) is 11.5. The highest BCUT2D eigenvalue weighted by Crippen LogP contribution is 2.25. The maximum Gasteiger partial charge on any atom is 0.228 e. The SMILES string of the molecule is CCN(CC)c1nc2c(c(OC)n1)CNC2. The molecule has 0 aromatic carbocycles. The second-order valence-corrected chi connectivity index (χ2v) is 3.73. The summed E-state index contributed by atoms with van der Waals surface area (Å²) in [6, 6.07) is 0. The van der Waals surface area contributed by atoms with Crippen LogP contribution < -0.4 is 15.0 Å². The predicted octanol–water partition coefficient (Wildman–Crippen LogP) is 0.935. The molecular formula is C11H18N4O. The average Bonchev–Trinajstić information content (AvgIpc) is 2.77. The van der Waals surface area contributed by atoms with Gasteiger partial charge in [-0.05, 0) is 13.8 Å². The van der Waals surface area contributed by atoms with E-state index in [1.54, 1.807) is 7.11 Å². The summed E-state index contributed by atoms with van der Waals surface area (Å²) < 4.78 is 5.32. The van der Waals surface area contributed by atoms with Crippen LogP contribution in [0.4, 0.5) is 5.95 Å². The fourth-order valence-electron chi connectivity index (χ4n) is 1.94. The van der Waals surface area contributed by atoms with Crippen molar-refractivity contribution >= 4 is 5.95 Å². The molecular weight excluding hydrogens is 204 g/mol. The number of rotatable bonds is 4. The molecule has 88 valence electrons. The Balaban J connectivity index is 2.41. The smallest absolute Gasteiger partial charge is 0.228 e. The maximum absolute atomic E-state index is 5.32. The Morgan fingerprint density at radius 3 is 2.62 bits per heavy atom.